The number of nitrogens with zero attached hydrogens (tertiary/aromatic N) is 1. The molecule has 3 atom stereocenters. The number of carbonyl (C=O) groups is 1. The molecule has 1 unspecified atom stereocenters. The van der Waals surface area contributed by atoms with Crippen LogP contribution in [0.2, 0.25) is 0 Å². The highest BCUT2D eigenvalue weighted by molar-refractivity contribution is 5.84. The normalized spacial score (nSPS) is 25.2. The van der Waals surface area contributed by atoms with Gasteiger partial charge in [0.05, 0.1) is 18.1 Å². The number of aliphatic hydroxyl groups is 2. The highest BCUT2D eigenvalue weighted by atomic mass is 16.3. The molecule has 0 aromatic heterocycles. The predicted molar refractivity (Wildman–Crippen MR) is 68.1 cm³/mol. The smallest absolute Gasteiger partial charge is 0.230 e. The van der Waals surface area contributed by atoms with Gasteiger partial charge in [0.25, 0.3) is 0 Å². The highest BCUT2D eigenvalue weighted by Gasteiger charge is 2.35. The molecule has 1 aromatic rings. The van der Waals surface area contributed by atoms with Gasteiger partial charge in [0.2, 0.25) is 5.91 Å². The van der Waals surface area contributed by atoms with Crippen LogP contribution in [0.4, 0.5) is 0 Å². The number of β-amino-alcohol motifs (C(OH)–C–C–N with tert-alkyl or cyclic N) is 2. The summed E-state index contributed by atoms with van der Waals surface area (Å²) in [5.74, 6) is -0.206. The van der Waals surface area contributed by atoms with Gasteiger partial charge in [-0.15, -0.1) is 0 Å². The van der Waals surface area contributed by atoms with E-state index in [2.05, 4.69) is 0 Å². The fourth-order valence-corrected chi connectivity index (χ4v) is 2.41. The predicted octanol–water partition coefficient (Wildman–Crippen LogP) is 0.744. The summed E-state index contributed by atoms with van der Waals surface area (Å²) < 4.78 is 0. The van der Waals surface area contributed by atoms with Crippen molar-refractivity contribution in [2.24, 2.45) is 0 Å². The van der Waals surface area contributed by atoms with Crippen molar-refractivity contribution in [2.75, 3.05) is 13.1 Å². The standard InChI is InChI=1S/C14H19NO3/c1-2-11(10-6-4-3-5-7-10)14(18)15-8-12(16)13(17)9-15/h3-7,11-13,16-17H,2,8-9H2,1H3/t11?,12-,13+. The summed E-state index contributed by atoms with van der Waals surface area (Å²) >= 11 is 0. The second kappa shape index (κ2) is 5.50. The van der Waals surface area contributed by atoms with Crippen LogP contribution >= 0.6 is 0 Å². The lowest BCUT2D eigenvalue weighted by molar-refractivity contribution is -0.132. The minimum Gasteiger partial charge on any atom is -0.388 e. The third kappa shape index (κ3) is 2.54. The lowest BCUT2D eigenvalue weighted by Crippen LogP contribution is -2.34. The molecule has 2 N–H and O–H groups in total. The Bertz CT molecular complexity index is 397. The molecule has 18 heavy (non-hydrogen) atoms. The largest absolute Gasteiger partial charge is 0.388 e. The van der Waals surface area contributed by atoms with E-state index in [4.69, 9.17) is 0 Å². The van der Waals surface area contributed by atoms with E-state index in [0.29, 0.717) is 6.42 Å². The number of benzene rings is 1. The average Bonchev–Trinajstić information content (AvgIpc) is 2.72. The Morgan fingerprint density at radius 2 is 1.83 bits per heavy atom. The lowest BCUT2D eigenvalue weighted by Gasteiger charge is -2.22. The van der Waals surface area contributed by atoms with Gasteiger partial charge in [-0.05, 0) is 12.0 Å². The molecule has 0 radical (unpaired) electrons. The SMILES string of the molecule is CCC(C(=O)N1C[C@@H](O)[C@@H](O)C1)c1ccccc1. The third-order valence-electron chi connectivity index (χ3n) is 3.48. The van der Waals surface area contributed by atoms with E-state index in [9.17, 15) is 15.0 Å². The first kappa shape index (κ1) is 13.1. The maximum absolute atomic E-state index is 12.4. The van der Waals surface area contributed by atoms with Crippen LogP contribution in [0.15, 0.2) is 30.3 Å². The molecule has 4 nitrogen and oxygen atoms in total. The summed E-state index contributed by atoms with van der Waals surface area (Å²) in [4.78, 5) is 13.9. The average molecular weight is 249 g/mol. The fraction of sp³-hybridized carbons (Fsp3) is 0.500. The Hall–Kier alpha value is -1.39. The summed E-state index contributed by atoms with van der Waals surface area (Å²) in [5.41, 5.74) is 0.987. The van der Waals surface area contributed by atoms with Crippen molar-refractivity contribution in [3.05, 3.63) is 35.9 Å². The highest BCUT2D eigenvalue weighted by Crippen LogP contribution is 2.24. The minimum atomic E-state index is -0.817. The first-order valence-electron chi connectivity index (χ1n) is 6.33. The summed E-state index contributed by atoms with van der Waals surface area (Å²) in [7, 11) is 0. The van der Waals surface area contributed by atoms with Crippen LogP contribution in [0.25, 0.3) is 0 Å². The Labute approximate surface area is 107 Å². The van der Waals surface area contributed by atoms with Crippen LogP contribution in [-0.2, 0) is 4.79 Å². The minimum absolute atomic E-state index is 0.0145. The van der Waals surface area contributed by atoms with Gasteiger partial charge >= 0.3 is 0 Å². The zero-order valence-electron chi connectivity index (χ0n) is 10.5. The number of hydrogen-bond donors (Lipinski definition) is 2. The van der Waals surface area contributed by atoms with E-state index in [-0.39, 0.29) is 24.9 Å². The quantitative estimate of drug-likeness (QED) is 0.831. The van der Waals surface area contributed by atoms with E-state index in [1.807, 2.05) is 37.3 Å². The van der Waals surface area contributed by atoms with Crippen molar-refractivity contribution in [1.82, 2.24) is 4.90 Å². The van der Waals surface area contributed by atoms with E-state index in [1.54, 1.807) is 4.90 Å². The Balaban J connectivity index is 2.12. The molecule has 1 aromatic carbocycles. The van der Waals surface area contributed by atoms with Gasteiger partial charge in [-0.25, -0.2) is 0 Å². The number of hydrogen-bond acceptors (Lipinski definition) is 3. The summed E-state index contributed by atoms with van der Waals surface area (Å²) in [5, 5.41) is 19.0. The van der Waals surface area contributed by atoms with Crippen molar-refractivity contribution in [3.63, 3.8) is 0 Å². The van der Waals surface area contributed by atoms with Crippen LogP contribution in [0.1, 0.15) is 24.8 Å². The van der Waals surface area contributed by atoms with Crippen molar-refractivity contribution in [2.45, 2.75) is 31.5 Å². The molecule has 0 bridgehead atoms. The second-order valence-corrected chi connectivity index (χ2v) is 4.75. The molecule has 1 heterocycles. The maximum Gasteiger partial charge on any atom is 0.230 e. The molecule has 0 saturated carbocycles. The zero-order valence-corrected chi connectivity index (χ0v) is 10.5. The molecule has 1 aliphatic heterocycles. The second-order valence-electron chi connectivity index (χ2n) is 4.75. The molecular weight excluding hydrogens is 230 g/mol. The molecule has 2 rings (SSSR count). The first-order chi connectivity index (χ1) is 8.63. The van der Waals surface area contributed by atoms with Crippen LogP contribution in [0, 0.1) is 0 Å². The van der Waals surface area contributed by atoms with Gasteiger partial charge in [0.15, 0.2) is 0 Å². The van der Waals surface area contributed by atoms with Crippen molar-refractivity contribution in [3.8, 4) is 0 Å². The monoisotopic (exact) mass is 249 g/mol. The third-order valence-corrected chi connectivity index (χ3v) is 3.48. The Kier molecular flexibility index (Phi) is 3.99. The van der Waals surface area contributed by atoms with E-state index in [1.165, 1.54) is 0 Å². The van der Waals surface area contributed by atoms with Crippen molar-refractivity contribution in [1.29, 1.82) is 0 Å². The molecule has 1 saturated heterocycles. The van der Waals surface area contributed by atoms with Gasteiger partial charge < -0.3 is 15.1 Å². The Morgan fingerprint density at radius 3 is 2.33 bits per heavy atom. The molecule has 1 amide bonds. The molecule has 4 heteroatoms. The van der Waals surface area contributed by atoms with E-state index >= 15 is 0 Å². The van der Waals surface area contributed by atoms with Crippen LogP contribution in [0.3, 0.4) is 0 Å². The van der Waals surface area contributed by atoms with Crippen LogP contribution in [0.5, 0.6) is 0 Å². The fourth-order valence-electron chi connectivity index (χ4n) is 2.41. The van der Waals surface area contributed by atoms with Gasteiger partial charge in [0.1, 0.15) is 0 Å². The molecular formula is C14H19NO3. The number of rotatable bonds is 3. The van der Waals surface area contributed by atoms with Gasteiger partial charge in [-0.1, -0.05) is 37.3 Å². The van der Waals surface area contributed by atoms with Gasteiger partial charge in [0, 0.05) is 13.1 Å². The van der Waals surface area contributed by atoms with Crippen molar-refractivity contribution >= 4 is 5.91 Å². The molecule has 1 aliphatic rings. The van der Waals surface area contributed by atoms with E-state index < -0.39 is 12.2 Å². The van der Waals surface area contributed by atoms with Gasteiger partial charge in [-0.3, -0.25) is 4.79 Å². The van der Waals surface area contributed by atoms with Crippen molar-refractivity contribution < 1.29 is 15.0 Å². The zero-order chi connectivity index (χ0) is 13.1. The van der Waals surface area contributed by atoms with Crippen LogP contribution < -0.4 is 0 Å². The topological polar surface area (TPSA) is 60.8 Å². The lowest BCUT2D eigenvalue weighted by atomic mass is 9.95. The summed E-state index contributed by atoms with van der Waals surface area (Å²) in [6.07, 6.45) is -0.921. The number of aliphatic hydroxyl groups excluding tert-OH is 2. The molecule has 0 aliphatic carbocycles. The molecule has 1 fully saturated rings. The molecule has 98 valence electrons. The van der Waals surface area contributed by atoms with Crippen LogP contribution in [-0.4, -0.2) is 46.3 Å². The van der Waals surface area contributed by atoms with E-state index in [0.717, 1.165) is 5.56 Å². The number of amides is 1. The molecule has 0 spiro atoms. The summed E-state index contributed by atoms with van der Waals surface area (Å²) in [6.45, 7) is 2.42. The number of carbonyl (C=O) groups excluding carboxylic acids is 1. The van der Waals surface area contributed by atoms with Gasteiger partial charge in [-0.2, -0.15) is 0 Å². The Morgan fingerprint density at radius 1 is 1.28 bits per heavy atom. The maximum atomic E-state index is 12.4. The summed E-state index contributed by atoms with van der Waals surface area (Å²) in [6, 6.07) is 9.63. The first-order valence-corrected chi connectivity index (χ1v) is 6.33. The number of likely N-dealkylation sites (tertiary alicyclic amines) is 1.